The van der Waals surface area contributed by atoms with E-state index in [2.05, 4.69) is 41.5 Å². The molecule has 0 amide bonds. The lowest BCUT2D eigenvalue weighted by molar-refractivity contribution is -0.250. The molecule has 0 aromatic rings. The van der Waals surface area contributed by atoms with Gasteiger partial charge in [-0.1, -0.05) is 34.1 Å². The highest BCUT2D eigenvalue weighted by molar-refractivity contribution is 5.08. The Morgan fingerprint density at radius 3 is 2.13 bits per heavy atom. The number of fused-ring (bicyclic) bond motifs is 1. The molecule has 0 aromatic heterocycles. The van der Waals surface area contributed by atoms with Crippen LogP contribution in [0.5, 0.6) is 0 Å². The zero-order valence-corrected chi connectivity index (χ0v) is 11.2. The van der Waals surface area contributed by atoms with Gasteiger partial charge >= 0.3 is 0 Å². The summed E-state index contributed by atoms with van der Waals surface area (Å²) >= 11 is 0. The molecule has 1 heteroatoms. The van der Waals surface area contributed by atoms with Crippen molar-refractivity contribution >= 4 is 0 Å². The highest BCUT2D eigenvalue weighted by atomic mass is 16.5. The molecule has 2 fully saturated rings. The third-order valence-corrected chi connectivity index (χ3v) is 5.94. The highest BCUT2D eigenvalue weighted by Gasteiger charge is 2.59. The van der Waals surface area contributed by atoms with Crippen molar-refractivity contribution in [2.45, 2.75) is 72.5 Å². The predicted molar refractivity (Wildman–Crippen MR) is 63.9 cm³/mol. The van der Waals surface area contributed by atoms with E-state index in [0.717, 1.165) is 5.92 Å². The molecule has 15 heavy (non-hydrogen) atoms. The summed E-state index contributed by atoms with van der Waals surface area (Å²) < 4.78 is 6.35. The first kappa shape index (κ1) is 11.4. The first-order valence-corrected chi connectivity index (χ1v) is 6.38. The Labute approximate surface area is 94.6 Å². The summed E-state index contributed by atoms with van der Waals surface area (Å²) in [4.78, 5) is 0. The maximum absolute atomic E-state index is 6.35. The van der Waals surface area contributed by atoms with Crippen molar-refractivity contribution in [3.05, 3.63) is 0 Å². The van der Waals surface area contributed by atoms with Crippen LogP contribution < -0.4 is 0 Å². The fourth-order valence-corrected chi connectivity index (χ4v) is 3.66. The molecular formula is C14H26O. The Bertz CT molecular complexity index is 263. The van der Waals surface area contributed by atoms with Crippen LogP contribution in [-0.2, 0) is 4.74 Å². The minimum Gasteiger partial charge on any atom is -0.371 e. The lowest BCUT2D eigenvalue weighted by Crippen LogP contribution is -2.61. The van der Waals surface area contributed by atoms with Crippen LogP contribution in [0.3, 0.4) is 0 Å². The van der Waals surface area contributed by atoms with Crippen molar-refractivity contribution in [3.63, 3.8) is 0 Å². The molecule has 0 N–H and O–H groups in total. The van der Waals surface area contributed by atoms with Gasteiger partial charge in [-0.05, 0) is 43.4 Å². The van der Waals surface area contributed by atoms with Crippen molar-refractivity contribution < 1.29 is 4.74 Å². The van der Waals surface area contributed by atoms with Crippen molar-refractivity contribution in [1.29, 1.82) is 0 Å². The Hall–Kier alpha value is -0.0400. The molecule has 2 rings (SSSR count). The fraction of sp³-hybridized carbons (Fsp3) is 1.00. The second-order valence-electron chi connectivity index (χ2n) is 7.05. The Balaban J connectivity index is 2.41. The summed E-state index contributed by atoms with van der Waals surface area (Å²) in [5, 5.41) is 0. The molecule has 2 unspecified atom stereocenters. The van der Waals surface area contributed by atoms with Crippen molar-refractivity contribution in [1.82, 2.24) is 0 Å². The third-order valence-electron chi connectivity index (χ3n) is 5.94. The molecule has 2 atom stereocenters. The predicted octanol–water partition coefficient (Wildman–Crippen LogP) is 4.02. The summed E-state index contributed by atoms with van der Waals surface area (Å²) in [6.45, 7) is 14.2. The number of ether oxygens (including phenoxy) is 1. The molecular weight excluding hydrogens is 184 g/mol. The topological polar surface area (TPSA) is 9.23 Å². The summed E-state index contributed by atoms with van der Waals surface area (Å²) in [5.74, 6) is 0.764. The number of rotatable bonds is 0. The summed E-state index contributed by atoms with van der Waals surface area (Å²) in [6.07, 6.45) is 4.50. The van der Waals surface area contributed by atoms with E-state index in [0.29, 0.717) is 11.5 Å². The normalized spacial score (nSPS) is 41.2. The standard InChI is InChI=1S/C14H26O/c1-12(2)10-8-7-9-11(10)15-14(5,6)13(12,3)4/h10-11H,7-9H2,1-6H3. The number of hydrogen-bond donors (Lipinski definition) is 0. The minimum atomic E-state index is 0.00199. The second-order valence-corrected chi connectivity index (χ2v) is 7.05. The van der Waals surface area contributed by atoms with Gasteiger partial charge in [-0.15, -0.1) is 0 Å². The van der Waals surface area contributed by atoms with E-state index in [1.165, 1.54) is 19.3 Å². The molecule has 1 aliphatic heterocycles. The Morgan fingerprint density at radius 1 is 0.933 bits per heavy atom. The lowest BCUT2D eigenvalue weighted by atomic mass is 9.52. The van der Waals surface area contributed by atoms with Gasteiger partial charge in [0.25, 0.3) is 0 Å². The lowest BCUT2D eigenvalue weighted by Gasteiger charge is -2.60. The van der Waals surface area contributed by atoms with Crippen molar-refractivity contribution in [2.24, 2.45) is 16.7 Å². The van der Waals surface area contributed by atoms with E-state index >= 15 is 0 Å². The Morgan fingerprint density at radius 2 is 1.53 bits per heavy atom. The van der Waals surface area contributed by atoms with Crippen LogP contribution in [0.1, 0.15) is 60.8 Å². The van der Waals surface area contributed by atoms with E-state index in [1.807, 2.05) is 0 Å². The van der Waals surface area contributed by atoms with Crippen LogP contribution in [0, 0.1) is 16.7 Å². The van der Waals surface area contributed by atoms with Crippen LogP contribution in [-0.4, -0.2) is 11.7 Å². The molecule has 1 saturated heterocycles. The SMILES string of the molecule is CC1(C)OC2CCCC2C(C)(C)C1(C)C. The fourth-order valence-electron chi connectivity index (χ4n) is 3.66. The van der Waals surface area contributed by atoms with E-state index in [9.17, 15) is 0 Å². The van der Waals surface area contributed by atoms with Crippen LogP contribution in [0.4, 0.5) is 0 Å². The summed E-state index contributed by atoms with van der Waals surface area (Å²) in [6, 6.07) is 0. The monoisotopic (exact) mass is 210 g/mol. The van der Waals surface area contributed by atoms with Gasteiger partial charge in [0.05, 0.1) is 11.7 Å². The van der Waals surface area contributed by atoms with Gasteiger partial charge in [-0.3, -0.25) is 0 Å². The molecule has 0 spiro atoms. The van der Waals surface area contributed by atoms with Crippen molar-refractivity contribution in [2.75, 3.05) is 0 Å². The van der Waals surface area contributed by atoms with Crippen LogP contribution in [0.2, 0.25) is 0 Å². The average Bonchev–Trinajstić information content (AvgIpc) is 2.49. The van der Waals surface area contributed by atoms with Gasteiger partial charge < -0.3 is 4.74 Å². The maximum atomic E-state index is 6.35. The third kappa shape index (κ3) is 1.32. The van der Waals surface area contributed by atoms with E-state index in [1.54, 1.807) is 0 Å². The van der Waals surface area contributed by atoms with Gasteiger partial charge in [0.1, 0.15) is 0 Å². The van der Waals surface area contributed by atoms with Gasteiger partial charge in [0.15, 0.2) is 0 Å². The smallest absolute Gasteiger partial charge is 0.0686 e. The van der Waals surface area contributed by atoms with Crippen LogP contribution in [0.15, 0.2) is 0 Å². The zero-order valence-electron chi connectivity index (χ0n) is 11.2. The molecule has 0 radical (unpaired) electrons. The number of hydrogen-bond acceptors (Lipinski definition) is 1. The van der Waals surface area contributed by atoms with E-state index in [-0.39, 0.29) is 11.0 Å². The Kier molecular flexibility index (Phi) is 2.29. The quantitative estimate of drug-likeness (QED) is 0.587. The molecule has 0 aromatic carbocycles. The molecule has 88 valence electrons. The highest BCUT2D eigenvalue weighted by Crippen LogP contribution is 2.61. The van der Waals surface area contributed by atoms with Gasteiger partial charge in [0.2, 0.25) is 0 Å². The van der Waals surface area contributed by atoms with Crippen LogP contribution >= 0.6 is 0 Å². The molecule has 2 aliphatic rings. The largest absolute Gasteiger partial charge is 0.371 e. The molecule has 1 aliphatic carbocycles. The summed E-state index contributed by atoms with van der Waals surface area (Å²) in [5.41, 5.74) is 0.628. The van der Waals surface area contributed by atoms with E-state index in [4.69, 9.17) is 4.74 Å². The minimum absolute atomic E-state index is 0.00199. The molecule has 0 bridgehead atoms. The molecule has 1 heterocycles. The molecule has 1 saturated carbocycles. The second kappa shape index (κ2) is 3.00. The first-order valence-electron chi connectivity index (χ1n) is 6.38. The average molecular weight is 210 g/mol. The first-order chi connectivity index (χ1) is 6.70. The van der Waals surface area contributed by atoms with Gasteiger partial charge in [0, 0.05) is 0 Å². The van der Waals surface area contributed by atoms with E-state index < -0.39 is 0 Å². The van der Waals surface area contributed by atoms with Gasteiger partial charge in [-0.2, -0.15) is 0 Å². The summed E-state index contributed by atoms with van der Waals surface area (Å²) in [7, 11) is 0. The van der Waals surface area contributed by atoms with Crippen molar-refractivity contribution in [3.8, 4) is 0 Å². The van der Waals surface area contributed by atoms with Crippen LogP contribution in [0.25, 0.3) is 0 Å². The maximum Gasteiger partial charge on any atom is 0.0686 e. The molecule has 1 nitrogen and oxygen atoms in total. The van der Waals surface area contributed by atoms with Gasteiger partial charge in [-0.25, -0.2) is 0 Å². The zero-order chi connectivity index (χ0) is 11.5.